The molecular formula is C14H16ClN3O4S3. The quantitative estimate of drug-likeness (QED) is 0.739. The highest BCUT2D eigenvalue weighted by atomic mass is 35.5. The van der Waals surface area contributed by atoms with E-state index in [0.29, 0.717) is 29.7 Å². The molecule has 1 aliphatic rings. The number of sulfonamides is 1. The van der Waals surface area contributed by atoms with Crippen LogP contribution < -0.4 is 0 Å². The normalized spacial score (nSPS) is 16.3. The van der Waals surface area contributed by atoms with Crippen molar-refractivity contribution in [1.29, 1.82) is 0 Å². The van der Waals surface area contributed by atoms with Gasteiger partial charge in [-0.15, -0.1) is 22.7 Å². The first kappa shape index (κ1) is 18.7. The van der Waals surface area contributed by atoms with Crippen molar-refractivity contribution in [2.75, 3.05) is 33.3 Å². The molecule has 136 valence electrons. The number of carbonyl (C=O) groups is 1. The maximum absolute atomic E-state index is 12.6. The first-order valence-corrected chi connectivity index (χ1v) is 10.9. The fraction of sp³-hybridized carbons (Fsp3) is 0.429. The number of carbonyl (C=O) groups excluding carboxylic acids is 1. The lowest BCUT2D eigenvalue weighted by Crippen LogP contribution is -2.50. The van der Waals surface area contributed by atoms with Crippen molar-refractivity contribution in [3.8, 4) is 0 Å². The molecule has 25 heavy (non-hydrogen) atoms. The lowest BCUT2D eigenvalue weighted by atomic mass is 10.3. The van der Waals surface area contributed by atoms with E-state index in [9.17, 15) is 13.2 Å². The Morgan fingerprint density at radius 1 is 1.32 bits per heavy atom. The molecule has 11 heteroatoms. The molecular weight excluding hydrogens is 406 g/mol. The second-order valence-electron chi connectivity index (χ2n) is 5.31. The molecule has 0 spiro atoms. The highest BCUT2D eigenvalue weighted by Crippen LogP contribution is 2.28. The van der Waals surface area contributed by atoms with Crippen LogP contribution in [0.15, 0.2) is 21.7 Å². The summed E-state index contributed by atoms with van der Waals surface area (Å²) in [7, 11) is -1.99. The summed E-state index contributed by atoms with van der Waals surface area (Å²) in [5.74, 6) is -0.185. The van der Waals surface area contributed by atoms with Gasteiger partial charge in [0.15, 0.2) is 0 Å². The number of piperazine rings is 1. The van der Waals surface area contributed by atoms with Gasteiger partial charge in [0.2, 0.25) is 0 Å². The van der Waals surface area contributed by atoms with Crippen LogP contribution in [0.1, 0.15) is 15.5 Å². The summed E-state index contributed by atoms with van der Waals surface area (Å²) in [6.07, 6.45) is 0. The fourth-order valence-corrected chi connectivity index (χ4v) is 6.25. The minimum atomic E-state index is -3.56. The number of nitrogens with zero attached hydrogens (tertiary/aromatic N) is 3. The molecule has 2 aromatic rings. The van der Waals surface area contributed by atoms with Crippen molar-refractivity contribution in [3.63, 3.8) is 0 Å². The second-order valence-corrected chi connectivity index (χ2v) is 10.1. The lowest BCUT2D eigenvalue weighted by Gasteiger charge is -2.33. The van der Waals surface area contributed by atoms with Crippen molar-refractivity contribution in [2.45, 2.75) is 10.8 Å². The average Bonchev–Trinajstić information content (AvgIpc) is 3.24. The molecule has 1 aliphatic heterocycles. The number of rotatable bonds is 5. The zero-order valence-electron chi connectivity index (χ0n) is 13.3. The standard InChI is InChI=1S/C14H16ClN3O4S3/c1-22-8-12-16-10(9-23-12)14(19)17-4-6-18(7-5-17)25(20,21)13-3-2-11(15)24-13/h2-3,9H,4-8H2,1H3. The molecule has 0 aromatic carbocycles. The molecule has 0 unspecified atom stereocenters. The highest BCUT2D eigenvalue weighted by molar-refractivity contribution is 7.91. The van der Waals surface area contributed by atoms with E-state index in [2.05, 4.69) is 4.98 Å². The van der Waals surface area contributed by atoms with Crippen LogP contribution >= 0.6 is 34.3 Å². The van der Waals surface area contributed by atoms with Crippen LogP contribution in [0.2, 0.25) is 4.34 Å². The Hall–Kier alpha value is -1.04. The van der Waals surface area contributed by atoms with Crippen LogP contribution in [-0.4, -0.2) is 61.8 Å². The third-order valence-electron chi connectivity index (χ3n) is 3.71. The van der Waals surface area contributed by atoms with Gasteiger partial charge in [-0.25, -0.2) is 13.4 Å². The Kier molecular flexibility index (Phi) is 5.76. The predicted molar refractivity (Wildman–Crippen MR) is 96.8 cm³/mol. The summed E-state index contributed by atoms with van der Waals surface area (Å²) in [6.45, 7) is 1.52. The Morgan fingerprint density at radius 3 is 2.64 bits per heavy atom. The fourth-order valence-electron chi connectivity index (χ4n) is 2.46. The van der Waals surface area contributed by atoms with E-state index in [1.54, 1.807) is 23.5 Å². The molecule has 1 saturated heterocycles. The van der Waals surface area contributed by atoms with Gasteiger partial charge < -0.3 is 9.64 Å². The number of thiophene rings is 1. The van der Waals surface area contributed by atoms with Crippen molar-refractivity contribution >= 4 is 50.2 Å². The molecule has 0 aliphatic carbocycles. The Labute approximate surface area is 158 Å². The van der Waals surface area contributed by atoms with Gasteiger partial charge in [-0.05, 0) is 12.1 Å². The van der Waals surface area contributed by atoms with E-state index in [0.717, 1.165) is 16.3 Å². The van der Waals surface area contributed by atoms with Gasteiger partial charge >= 0.3 is 0 Å². The van der Waals surface area contributed by atoms with Crippen molar-refractivity contribution < 1.29 is 17.9 Å². The van der Waals surface area contributed by atoms with Crippen LogP contribution in [-0.2, 0) is 21.4 Å². The summed E-state index contributed by atoms with van der Waals surface area (Å²) < 4.78 is 32.2. The number of aromatic nitrogens is 1. The molecule has 7 nitrogen and oxygen atoms in total. The average molecular weight is 422 g/mol. The van der Waals surface area contributed by atoms with Gasteiger partial charge in [0, 0.05) is 38.7 Å². The smallest absolute Gasteiger partial charge is 0.273 e. The zero-order valence-corrected chi connectivity index (χ0v) is 16.6. The lowest BCUT2D eigenvalue weighted by molar-refractivity contribution is 0.0692. The van der Waals surface area contributed by atoms with Crippen LogP contribution in [0.4, 0.5) is 0 Å². The van der Waals surface area contributed by atoms with Crippen LogP contribution in [0.25, 0.3) is 0 Å². The van der Waals surface area contributed by atoms with E-state index in [1.807, 2.05) is 0 Å². The van der Waals surface area contributed by atoms with E-state index < -0.39 is 10.0 Å². The minimum absolute atomic E-state index is 0.185. The second kappa shape index (κ2) is 7.68. The summed E-state index contributed by atoms with van der Waals surface area (Å²) in [4.78, 5) is 18.4. The number of halogens is 1. The third kappa shape index (κ3) is 4.04. The van der Waals surface area contributed by atoms with Crippen LogP contribution in [0, 0.1) is 0 Å². The Balaban J connectivity index is 1.64. The van der Waals surface area contributed by atoms with Crippen molar-refractivity contribution in [3.05, 3.63) is 32.6 Å². The number of amides is 1. The van der Waals surface area contributed by atoms with Crippen LogP contribution in [0.5, 0.6) is 0 Å². The monoisotopic (exact) mass is 421 g/mol. The van der Waals surface area contributed by atoms with Crippen LogP contribution in [0.3, 0.4) is 0 Å². The van der Waals surface area contributed by atoms with E-state index >= 15 is 0 Å². The van der Waals surface area contributed by atoms with Gasteiger partial charge in [-0.2, -0.15) is 4.31 Å². The molecule has 0 N–H and O–H groups in total. The molecule has 0 radical (unpaired) electrons. The minimum Gasteiger partial charge on any atom is -0.378 e. The van der Waals surface area contributed by atoms with Gasteiger partial charge in [-0.1, -0.05) is 11.6 Å². The van der Waals surface area contributed by atoms with Gasteiger partial charge in [-0.3, -0.25) is 4.79 Å². The molecule has 3 heterocycles. The number of hydrogen-bond acceptors (Lipinski definition) is 7. The summed E-state index contributed by atoms with van der Waals surface area (Å²) in [6, 6.07) is 3.07. The van der Waals surface area contributed by atoms with Crippen molar-refractivity contribution in [1.82, 2.24) is 14.2 Å². The first-order chi connectivity index (χ1) is 11.9. The first-order valence-electron chi connectivity index (χ1n) is 7.40. The predicted octanol–water partition coefficient (Wildman–Crippen LogP) is 2.15. The van der Waals surface area contributed by atoms with Crippen molar-refractivity contribution in [2.24, 2.45) is 0 Å². The largest absolute Gasteiger partial charge is 0.378 e. The maximum atomic E-state index is 12.6. The summed E-state index contributed by atoms with van der Waals surface area (Å²) in [5, 5.41) is 2.44. The molecule has 0 saturated carbocycles. The summed E-state index contributed by atoms with van der Waals surface area (Å²) in [5.41, 5.74) is 0.374. The number of hydrogen-bond donors (Lipinski definition) is 0. The Morgan fingerprint density at radius 2 is 2.04 bits per heavy atom. The molecule has 2 aromatic heterocycles. The molecule has 1 amide bonds. The molecule has 0 atom stereocenters. The van der Waals surface area contributed by atoms with Gasteiger partial charge in [0.25, 0.3) is 15.9 Å². The van der Waals surface area contributed by atoms with Gasteiger partial charge in [0.05, 0.1) is 10.9 Å². The molecule has 0 bridgehead atoms. The van der Waals surface area contributed by atoms with E-state index in [-0.39, 0.29) is 23.2 Å². The zero-order chi connectivity index (χ0) is 18.0. The third-order valence-corrected chi connectivity index (χ3v) is 8.13. The Bertz CT molecular complexity index is 856. The molecule has 1 fully saturated rings. The maximum Gasteiger partial charge on any atom is 0.273 e. The summed E-state index contributed by atoms with van der Waals surface area (Å²) >= 11 is 8.23. The number of methoxy groups -OCH3 is 1. The highest BCUT2D eigenvalue weighted by Gasteiger charge is 2.31. The number of ether oxygens (including phenoxy) is 1. The SMILES string of the molecule is COCc1nc(C(=O)N2CCN(S(=O)(=O)c3ccc(Cl)s3)CC2)cs1. The van der Waals surface area contributed by atoms with E-state index in [1.165, 1.54) is 21.7 Å². The van der Waals surface area contributed by atoms with E-state index in [4.69, 9.17) is 16.3 Å². The van der Waals surface area contributed by atoms with Gasteiger partial charge in [0.1, 0.15) is 14.9 Å². The topological polar surface area (TPSA) is 79.8 Å². The molecule has 3 rings (SSSR count). The number of thiazole rings is 1.